The molecule has 0 bridgehead atoms. The van der Waals surface area contributed by atoms with E-state index in [-0.39, 0.29) is 12.5 Å². The third-order valence-electron chi connectivity index (χ3n) is 2.71. The highest BCUT2D eigenvalue weighted by Gasteiger charge is 2.35. The Morgan fingerprint density at radius 2 is 2.24 bits per heavy atom. The average molecular weight is 235 g/mol. The van der Waals surface area contributed by atoms with Crippen molar-refractivity contribution < 1.29 is 14.3 Å². The van der Waals surface area contributed by atoms with Crippen molar-refractivity contribution in [2.45, 2.75) is 6.04 Å². The molecule has 1 aliphatic rings. The molecular formula is C11H13N3O3. The second-order valence-corrected chi connectivity index (χ2v) is 3.79. The van der Waals surface area contributed by atoms with Gasteiger partial charge in [-0.25, -0.2) is 0 Å². The van der Waals surface area contributed by atoms with Crippen LogP contribution in [0.4, 0.5) is 5.69 Å². The Morgan fingerprint density at radius 1 is 1.53 bits per heavy atom. The average Bonchev–Trinajstić information content (AvgIpc) is 2.53. The number of hydrogen-bond donors (Lipinski definition) is 2. The molecule has 0 saturated carbocycles. The van der Waals surface area contributed by atoms with Crippen molar-refractivity contribution in [3.8, 4) is 5.75 Å². The molecule has 1 aromatic carbocycles. The molecule has 1 aliphatic heterocycles. The van der Waals surface area contributed by atoms with Crippen molar-refractivity contribution in [1.82, 2.24) is 0 Å². The Bertz CT molecular complexity index is 487. The minimum atomic E-state index is -0.741. The molecule has 1 atom stereocenters. The lowest BCUT2D eigenvalue weighted by Crippen LogP contribution is -2.38. The third kappa shape index (κ3) is 1.83. The van der Waals surface area contributed by atoms with Crippen LogP contribution >= 0.6 is 0 Å². The lowest BCUT2D eigenvalue weighted by molar-refractivity contribution is -0.122. The number of nitrogens with zero attached hydrogens (tertiary/aromatic N) is 1. The third-order valence-corrected chi connectivity index (χ3v) is 2.71. The van der Waals surface area contributed by atoms with Crippen LogP contribution in [0.3, 0.4) is 0 Å². The number of rotatable bonds is 3. The molecule has 0 fully saturated rings. The molecular weight excluding hydrogens is 222 g/mol. The van der Waals surface area contributed by atoms with Crippen molar-refractivity contribution in [2.24, 2.45) is 11.5 Å². The first-order valence-electron chi connectivity index (χ1n) is 5.08. The smallest absolute Gasteiger partial charge is 0.249 e. The summed E-state index contributed by atoms with van der Waals surface area (Å²) in [7, 11) is 1.52. The Hall–Kier alpha value is -2.08. The lowest BCUT2D eigenvalue weighted by atomic mass is 10.1. The quantitative estimate of drug-likeness (QED) is 0.739. The van der Waals surface area contributed by atoms with Crippen molar-refractivity contribution in [3.05, 3.63) is 23.8 Å². The molecule has 0 aliphatic carbocycles. The number of primary amides is 1. The fourth-order valence-electron chi connectivity index (χ4n) is 1.89. The van der Waals surface area contributed by atoms with E-state index in [4.69, 9.17) is 16.2 Å². The number of methoxy groups -OCH3 is 1. The van der Waals surface area contributed by atoms with Gasteiger partial charge in [0.2, 0.25) is 11.8 Å². The van der Waals surface area contributed by atoms with Gasteiger partial charge in [0.15, 0.2) is 0 Å². The fraction of sp³-hybridized carbons (Fsp3) is 0.273. The minimum absolute atomic E-state index is 0.174. The summed E-state index contributed by atoms with van der Waals surface area (Å²) < 4.78 is 5.07. The van der Waals surface area contributed by atoms with E-state index in [0.717, 1.165) is 0 Å². The summed E-state index contributed by atoms with van der Waals surface area (Å²) in [5, 5.41) is 0. The lowest BCUT2D eigenvalue weighted by Gasteiger charge is -2.15. The van der Waals surface area contributed by atoms with Gasteiger partial charge in [0.25, 0.3) is 0 Å². The number of benzene rings is 1. The SMILES string of the molecule is COc1ccc2c(c1)N(CC(N)=O)C(=O)C2N. The van der Waals surface area contributed by atoms with Gasteiger partial charge in [-0.15, -0.1) is 0 Å². The van der Waals surface area contributed by atoms with Crippen LogP contribution in [0.15, 0.2) is 18.2 Å². The molecule has 6 heteroatoms. The monoisotopic (exact) mass is 235 g/mol. The van der Waals surface area contributed by atoms with E-state index in [9.17, 15) is 9.59 Å². The zero-order valence-corrected chi connectivity index (χ0v) is 9.34. The number of carbonyl (C=O) groups is 2. The molecule has 0 aromatic heterocycles. The second kappa shape index (κ2) is 4.06. The Morgan fingerprint density at radius 3 is 2.82 bits per heavy atom. The van der Waals surface area contributed by atoms with E-state index in [0.29, 0.717) is 17.0 Å². The Labute approximate surface area is 98.1 Å². The number of amides is 2. The summed E-state index contributed by atoms with van der Waals surface area (Å²) in [4.78, 5) is 24.1. The van der Waals surface area contributed by atoms with E-state index in [1.165, 1.54) is 12.0 Å². The summed E-state index contributed by atoms with van der Waals surface area (Å²) in [6.45, 7) is -0.174. The molecule has 0 saturated heterocycles. The fourth-order valence-corrected chi connectivity index (χ4v) is 1.89. The number of hydrogen-bond acceptors (Lipinski definition) is 4. The predicted molar refractivity (Wildman–Crippen MR) is 61.5 cm³/mol. The van der Waals surface area contributed by atoms with Gasteiger partial charge in [0.05, 0.1) is 12.8 Å². The first kappa shape index (κ1) is 11.4. The largest absolute Gasteiger partial charge is 0.497 e. The highest BCUT2D eigenvalue weighted by atomic mass is 16.5. The van der Waals surface area contributed by atoms with Crippen LogP contribution in [0.2, 0.25) is 0 Å². The van der Waals surface area contributed by atoms with Gasteiger partial charge in [-0.1, -0.05) is 6.07 Å². The van der Waals surface area contributed by atoms with E-state index in [2.05, 4.69) is 0 Å². The van der Waals surface area contributed by atoms with Crippen molar-refractivity contribution >= 4 is 17.5 Å². The molecule has 2 rings (SSSR count). The zero-order chi connectivity index (χ0) is 12.6. The van der Waals surface area contributed by atoms with Gasteiger partial charge >= 0.3 is 0 Å². The van der Waals surface area contributed by atoms with E-state index < -0.39 is 11.9 Å². The van der Waals surface area contributed by atoms with Gasteiger partial charge in [-0.2, -0.15) is 0 Å². The summed E-state index contributed by atoms with van der Waals surface area (Å²) in [6.07, 6.45) is 0. The maximum atomic E-state index is 11.8. The molecule has 0 spiro atoms. The maximum Gasteiger partial charge on any atom is 0.249 e. The summed E-state index contributed by atoms with van der Waals surface area (Å²) in [5.74, 6) is -0.312. The normalized spacial score (nSPS) is 18.1. The van der Waals surface area contributed by atoms with Gasteiger partial charge < -0.3 is 21.1 Å². The summed E-state index contributed by atoms with van der Waals surface area (Å²) in [6, 6.07) is 4.37. The molecule has 4 N–H and O–H groups in total. The molecule has 1 aromatic rings. The van der Waals surface area contributed by atoms with Crippen LogP contribution in [0.1, 0.15) is 11.6 Å². The summed E-state index contributed by atoms with van der Waals surface area (Å²) in [5.41, 5.74) is 12.1. The standard InChI is InChI=1S/C11H13N3O3/c1-17-6-2-3-7-8(4-6)14(5-9(12)15)11(16)10(7)13/h2-4,10H,5,13H2,1H3,(H2,12,15). The molecule has 2 amide bonds. The molecule has 1 heterocycles. The first-order valence-corrected chi connectivity index (χ1v) is 5.08. The number of carbonyl (C=O) groups excluding carboxylic acids is 2. The van der Waals surface area contributed by atoms with Crippen LogP contribution in [-0.2, 0) is 9.59 Å². The van der Waals surface area contributed by atoms with E-state index in [1.807, 2.05) is 0 Å². The van der Waals surface area contributed by atoms with E-state index in [1.54, 1.807) is 18.2 Å². The number of nitrogens with two attached hydrogens (primary N) is 2. The molecule has 17 heavy (non-hydrogen) atoms. The van der Waals surface area contributed by atoms with Crippen LogP contribution in [0, 0.1) is 0 Å². The second-order valence-electron chi connectivity index (χ2n) is 3.79. The van der Waals surface area contributed by atoms with Crippen molar-refractivity contribution in [2.75, 3.05) is 18.6 Å². The highest BCUT2D eigenvalue weighted by molar-refractivity contribution is 6.07. The zero-order valence-electron chi connectivity index (χ0n) is 9.34. The van der Waals surface area contributed by atoms with Gasteiger partial charge in [-0.3, -0.25) is 9.59 Å². The number of ether oxygens (including phenoxy) is 1. The molecule has 1 unspecified atom stereocenters. The van der Waals surface area contributed by atoms with Crippen molar-refractivity contribution in [3.63, 3.8) is 0 Å². The molecule has 6 nitrogen and oxygen atoms in total. The molecule has 90 valence electrons. The minimum Gasteiger partial charge on any atom is -0.497 e. The Balaban J connectivity index is 2.45. The van der Waals surface area contributed by atoms with Crippen LogP contribution < -0.4 is 21.1 Å². The van der Waals surface area contributed by atoms with Crippen LogP contribution in [0.5, 0.6) is 5.75 Å². The Kier molecular flexibility index (Phi) is 2.72. The molecule has 0 radical (unpaired) electrons. The summed E-state index contributed by atoms with van der Waals surface area (Å²) >= 11 is 0. The van der Waals surface area contributed by atoms with Gasteiger partial charge in [0, 0.05) is 11.6 Å². The van der Waals surface area contributed by atoms with Crippen LogP contribution in [-0.4, -0.2) is 25.5 Å². The van der Waals surface area contributed by atoms with Crippen molar-refractivity contribution in [1.29, 1.82) is 0 Å². The predicted octanol–water partition coefficient (Wildman–Crippen LogP) is -0.473. The van der Waals surface area contributed by atoms with Gasteiger partial charge in [0.1, 0.15) is 18.3 Å². The highest BCUT2D eigenvalue weighted by Crippen LogP contribution is 2.36. The number of fused-ring (bicyclic) bond motifs is 1. The topological polar surface area (TPSA) is 98.6 Å². The van der Waals surface area contributed by atoms with Gasteiger partial charge in [-0.05, 0) is 6.07 Å². The maximum absolute atomic E-state index is 11.8. The number of anilines is 1. The van der Waals surface area contributed by atoms with E-state index >= 15 is 0 Å². The first-order chi connectivity index (χ1) is 8.04. The van der Waals surface area contributed by atoms with Crippen LogP contribution in [0.25, 0.3) is 0 Å².